The van der Waals surface area contributed by atoms with Crippen LogP contribution in [-0.2, 0) is 4.79 Å². The number of benzene rings is 2. The van der Waals surface area contributed by atoms with Crippen LogP contribution in [0.4, 0.5) is 5.69 Å². The molecule has 0 saturated carbocycles. The fraction of sp³-hybridized carbons (Fsp3) is 0.409. The fourth-order valence-corrected chi connectivity index (χ4v) is 4.32. The van der Waals surface area contributed by atoms with Gasteiger partial charge in [-0.25, -0.2) is 0 Å². The van der Waals surface area contributed by atoms with Crippen LogP contribution in [0, 0.1) is 24.0 Å². The molecule has 6 nitrogen and oxygen atoms in total. The van der Waals surface area contributed by atoms with Crippen molar-refractivity contribution in [1.29, 1.82) is 0 Å². The summed E-state index contributed by atoms with van der Waals surface area (Å²) in [6.45, 7) is 7.34. The van der Waals surface area contributed by atoms with Gasteiger partial charge >= 0.3 is 0 Å². The molecular weight excluding hydrogens is 388 g/mol. The van der Waals surface area contributed by atoms with Gasteiger partial charge in [0.2, 0.25) is 5.91 Å². The van der Waals surface area contributed by atoms with E-state index in [1.54, 1.807) is 12.1 Å². The first kappa shape index (κ1) is 21.2. The van der Waals surface area contributed by atoms with Crippen molar-refractivity contribution in [2.75, 3.05) is 13.1 Å². The number of aryl methyl sites for hydroxylation is 2. The molecule has 2 aromatic rings. The number of carbonyl (C=O) groups is 1. The first-order chi connectivity index (χ1) is 13.8. The van der Waals surface area contributed by atoms with Crippen molar-refractivity contribution in [3.8, 4) is 5.75 Å². The molecule has 0 aromatic heterocycles. The molecular formula is C22H26N2O4S. The third kappa shape index (κ3) is 5.50. The van der Waals surface area contributed by atoms with Gasteiger partial charge in [0.05, 0.1) is 10.2 Å². The van der Waals surface area contributed by atoms with E-state index < -0.39 is 4.92 Å². The van der Waals surface area contributed by atoms with Crippen LogP contribution in [0.15, 0.2) is 47.4 Å². The normalized spacial score (nSPS) is 15.8. The Balaban J connectivity index is 1.51. The van der Waals surface area contributed by atoms with Crippen LogP contribution < -0.4 is 4.74 Å². The predicted octanol–water partition coefficient (Wildman–Crippen LogP) is 4.76. The van der Waals surface area contributed by atoms with E-state index in [-0.39, 0.29) is 22.9 Å². The molecule has 0 N–H and O–H groups in total. The minimum Gasteiger partial charge on any atom is -0.490 e. The zero-order valence-corrected chi connectivity index (χ0v) is 17.8. The number of nitro benzene ring substituents is 1. The second kappa shape index (κ2) is 9.31. The van der Waals surface area contributed by atoms with E-state index in [0.29, 0.717) is 13.1 Å². The Kier molecular flexibility index (Phi) is 6.79. The quantitative estimate of drug-likeness (QED) is 0.387. The molecule has 1 amide bonds. The molecule has 1 aliphatic heterocycles. The summed E-state index contributed by atoms with van der Waals surface area (Å²) in [5, 5.41) is 10.5. The highest BCUT2D eigenvalue weighted by molar-refractivity contribution is 8.00. The Bertz CT molecular complexity index is 877. The van der Waals surface area contributed by atoms with Gasteiger partial charge < -0.3 is 9.64 Å². The number of amides is 1. The summed E-state index contributed by atoms with van der Waals surface area (Å²) >= 11 is 1.43. The third-order valence-electron chi connectivity index (χ3n) is 5.10. The summed E-state index contributed by atoms with van der Waals surface area (Å²) in [5.41, 5.74) is 2.36. The van der Waals surface area contributed by atoms with Crippen LogP contribution in [0.1, 0.15) is 30.9 Å². The van der Waals surface area contributed by atoms with E-state index in [9.17, 15) is 14.9 Å². The van der Waals surface area contributed by atoms with Crippen LogP contribution in [-0.4, -0.2) is 40.2 Å². The topological polar surface area (TPSA) is 72.7 Å². The molecule has 1 atom stereocenters. The average Bonchev–Trinajstić information content (AvgIpc) is 2.71. The molecule has 0 spiro atoms. The lowest BCUT2D eigenvalue weighted by molar-refractivity contribution is -0.384. The summed E-state index contributed by atoms with van der Waals surface area (Å²) < 4.78 is 6.18. The van der Waals surface area contributed by atoms with E-state index in [0.717, 1.165) is 29.1 Å². The summed E-state index contributed by atoms with van der Waals surface area (Å²) in [4.78, 5) is 25.9. The standard InChI is InChI=1S/C22H26N2O4S/c1-15-4-5-16(2)21(14-15)28-19-10-12-23(13-11-19)22(25)17(3)29-20-8-6-18(7-9-20)24(26)27/h4-9,14,17,19H,10-13H2,1-3H3. The molecule has 2 aromatic carbocycles. The van der Waals surface area contributed by atoms with Crippen molar-refractivity contribution in [2.24, 2.45) is 0 Å². The second-order valence-corrected chi connectivity index (χ2v) is 8.84. The maximum atomic E-state index is 12.8. The van der Waals surface area contributed by atoms with Gasteiger partial charge in [-0.1, -0.05) is 12.1 Å². The van der Waals surface area contributed by atoms with Gasteiger partial charge in [-0.15, -0.1) is 11.8 Å². The molecule has 29 heavy (non-hydrogen) atoms. The Labute approximate surface area is 175 Å². The lowest BCUT2D eigenvalue weighted by atomic mass is 10.1. The lowest BCUT2D eigenvalue weighted by Crippen LogP contribution is -2.44. The number of nitrogens with zero attached hydrogens (tertiary/aromatic N) is 2. The zero-order valence-electron chi connectivity index (χ0n) is 17.0. The van der Waals surface area contributed by atoms with Gasteiger partial charge in [-0.05, 0) is 50.1 Å². The first-order valence-corrected chi connectivity index (χ1v) is 10.7. The minimum absolute atomic E-state index is 0.0549. The molecule has 154 valence electrons. The number of carbonyl (C=O) groups excluding carboxylic acids is 1. The maximum Gasteiger partial charge on any atom is 0.269 e. The van der Waals surface area contributed by atoms with Crippen molar-refractivity contribution >= 4 is 23.4 Å². The molecule has 0 radical (unpaired) electrons. The molecule has 0 aliphatic carbocycles. The van der Waals surface area contributed by atoms with Crippen molar-refractivity contribution in [3.63, 3.8) is 0 Å². The zero-order chi connectivity index (χ0) is 21.0. The maximum absolute atomic E-state index is 12.8. The second-order valence-electron chi connectivity index (χ2n) is 7.42. The van der Waals surface area contributed by atoms with Crippen LogP contribution in [0.2, 0.25) is 0 Å². The van der Waals surface area contributed by atoms with Crippen LogP contribution in [0.5, 0.6) is 5.75 Å². The van der Waals surface area contributed by atoms with E-state index in [4.69, 9.17) is 4.74 Å². The van der Waals surface area contributed by atoms with Crippen molar-refractivity contribution in [2.45, 2.75) is 49.9 Å². The SMILES string of the molecule is Cc1ccc(C)c(OC2CCN(C(=O)C(C)Sc3ccc([N+](=O)[O-])cc3)CC2)c1. The third-order valence-corrected chi connectivity index (χ3v) is 6.20. The van der Waals surface area contributed by atoms with Gasteiger partial charge in [0.25, 0.3) is 5.69 Å². The van der Waals surface area contributed by atoms with Crippen molar-refractivity contribution < 1.29 is 14.5 Å². The molecule has 1 unspecified atom stereocenters. The predicted molar refractivity (Wildman–Crippen MR) is 115 cm³/mol. The largest absolute Gasteiger partial charge is 0.490 e. The Hall–Kier alpha value is -2.54. The molecule has 1 fully saturated rings. The minimum atomic E-state index is -0.423. The highest BCUT2D eigenvalue weighted by atomic mass is 32.2. The Morgan fingerprint density at radius 1 is 1.17 bits per heavy atom. The van der Waals surface area contributed by atoms with Gasteiger partial charge in [-0.3, -0.25) is 14.9 Å². The molecule has 0 bridgehead atoms. The number of non-ortho nitro benzene ring substituents is 1. The fourth-order valence-electron chi connectivity index (χ4n) is 3.37. The monoisotopic (exact) mass is 414 g/mol. The molecule has 1 aliphatic rings. The summed E-state index contributed by atoms with van der Waals surface area (Å²) in [6.07, 6.45) is 1.75. The molecule has 1 saturated heterocycles. The van der Waals surface area contributed by atoms with Crippen molar-refractivity contribution in [1.82, 2.24) is 4.90 Å². The molecule has 1 heterocycles. The summed E-state index contributed by atoms with van der Waals surface area (Å²) in [5.74, 6) is 1.02. The highest BCUT2D eigenvalue weighted by Crippen LogP contribution is 2.28. The van der Waals surface area contributed by atoms with E-state index >= 15 is 0 Å². The van der Waals surface area contributed by atoms with E-state index in [2.05, 4.69) is 25.1 Å². The van der Waals surface area contributed by atoms with Crippen molar-refractivity contribution in [3.05, 3.63) is 63.7 Å². The number of nitro groups is 1. The number of piperidine rings is 1. The van der Waals surface area contributed by atoms with Crippen LogP contribution >= 0.6 is 11.8 Å². The summed E-state index contributed by atoms with van der Waals surface area (Å²) in [7, 11) is 0. The summed E-state index contributed by atoms with van der Waals surface area (Å²) in [6, 6.07) is 12.5. The number of ether oxygens (including phenoxy) is 1. The van der Waals surface area contributed by atoms with Gasteiger partial charge in [0, 0.05) is 43.0 Å². The van der Waals surface area contributed by atoms with Gasteiger partial charge in [-0.2, -0.15) is 0 Å². The average molecular weight is 415 g/mol. The Morgan fingerprint density at radius 2 is 1.83 bits per heavy atom. The molecule has 7 heteroatoms. The number of thioether (sulfide) groups is 1. The lowest BCUT2D eigenvalue weighted by Gasteiger charge is -2.34. The van der Waals surface area contributed by atoms with Crippen LogP contribution in [0.3, 0.4) is 0 Å². The molecule has 3 rings (SSSR count). The van der Waals surface area contributed by atoms with Gasteiger partial charge in [0.15, 0.2) is 0 Å². The smallest absolute Gasteiger partial charge is 0.269 e. The van der Waals surface area contributed by atoms with Crippen LogP contribution in [0.25, 0.3) is 0 Å². The van der Waals surface area contributed by atoms with E-state index in [1.165, 1.54) is 29.5 Å². The number of likely N-dealkylation sites (tertiary alicyclic amines) is 1. The Morgan fingerprint density at radius 3 is 2.45 bits per heavy atom. The number of hydrogen-bond acceptors (Lipinski definition) is 5. The number of hydrogen-bond donors (Lipinski definition) is 0. The van der Waals surface area contributed by atoms with Gasteiger partial charge in [0.1, 0.15) is 11.9 Å². The number of rotatable bonds is 6. The highest BCUT2D eigenvalue weighted by Gasteiger charge is 2.27. The van der Waals surface area contributed by atoms with E-state index in [1.807, 2.05) is 18.7 Å². The first-order valence-electron chi connectivity index (χ1n) is 9.77.